The quantitative estimate of drug-likeness (QED) is 0.548. The molecule has 0 fully saturated rings. The van der Waals surface area contributed by atoms with Crippen molar-refractivity contribution in [2.45, 2.75) is 37.6 Å². The highest BCUT2D eigenvalue weighted by atomic mass is 32.2. The fourth-order valence-corrected chi connectivity index (χ4v) is 3.82. The van der Waals surface area contributed by atoms with E-state index in [-0.39, 0.29) is 17.0 Å². The predicted octanol–water partition coefficient (Wildman–Crippen LogP) is 3.29. The van der Waals surface area contributed by atoms with Crippen LogP contribution in [-0.2, 0) is 23.9 Å². The number of amides is 1. The Hall–Kier alpha value is -2.33. The minimum absolute atomic E-state index is 0.0633. The molecule has 0 unspecified atom stereocenters. The van der Waals surface area contributed by atoms with Crippen LogP contribution in [0.2, 0.25) is 0 Å². The molecule has 0 bridgehead atoms. The number of aromatic amines is 1. The van der Waals surface area contributed by atoms with E-state index in [0.717, 1.165) is 49.1 Å². The summed E-state index contributed by atoms with van der Waals surface area (Å²) in [5.74, 6) is -0.566. The number of benzene rings is 1. The molecule has 156 valence electrons. The van der Waals surface area contributed by atoms with E-state index in [1.165, 1.54) is 12.1 Å². The van der Waals surface area contributed by atoms with Gasteiger partial charge in [-0.1, -0.05) is 24.8 Å². The van der Waals surface area contributed by atoms with Gasteiger partial charge in [-0.15, -0.1) is 0 Å². The Morgan fingerprint density at radius 1 is 1.38 bits per heavy atom. The molecule has 0 atom stereocenters. The minimum atomic E-state index is -4.48. The Morgan fingerprint density at radius 2 is 2.17 bits per heavy atom. The zero-order valence-electron chi connectivity index (χ0n) is 15.8. The maximum Gasteiger partial charge on any atom is 0.416 e. The third-order valence-corrected chi connectivity index (χ3v) is 5.35. The third-order valence-electron chi connectivity index (χ3n) is 4.48. The van der Waals surface area contributed by atoms with Crippen molar-refractivity contribution in [1.29, 1.82) is 0 Å². The summed E-state index contributed by atoms with van der Waals surface area (Å²) >= 11 is 1.04. The molecule has 0 saturated heterocycles. The zero-order chi connectivity index (χ0) is 21.0. The fraction of sp³-hybridized carbons (Fsp3) is 0.421. The summed E-state index contributed by atoms with van der Waals surface area (Å²) in [7, 11) is 0. The first kappa shape index (κ1) is 21.4. The average molecular weight is 426 g/mol. The molecule has 1 aromatic carbocycles. The molecule has 1 amide bonds. The number of hydrogen-bond acceptors (Lipinski definition) is 5. The normalized spacial score (nSPS) is 14.5. The SMILES string of the molecule is CCCN1CCc2nc(SCC(=O)Nc3cccc(C(F)(F)F)c3)[nH]c(=O)c2C1. The monoisotopic (exact) mass is 426 g/mol. The number of hydrogen-bond donors (Lipinski definition) is 2. The molecule has 1 aromatic heterocycles. The molecule has 10 heteroatoms. The summed E-state index contributed by atoms with van der Waals surface area (Å²) in [6.45, 7) is 4.40. The lowest BCUT2D eigenvalue weighted by atomic mass is 10.1. The molecule has 0 spiro atoms. The highest BCUT2D eigenvalue weighted by Gasteiger charge is 2.30. The summed E-state index contributed by atoms with van der Waals surface area (Å²) in [6, 6.07) is 4.44. The van der Waals surface area contributed by atoms with Gasteiger partial charge in [0.2, 0.25) is 5.91 Å². The van der Waals surface area contributed by atoms with E-state index in [2.05, 4.69) is 27.1 Å². The number of nitrogens with zero attached hydrogens (tertiary/aromatic N) is 2. The van der Waals surface area contributed by atoms with Gasteiger partial charge in [0, 0.05) is 25.2 Å². The molecule has 2 N–H and O–H groups in total. The number of fused-ring (bicyclic) bond motifs is 1. The van der Waals surface area contributed by atoms with Crippen LogP contribution in [0.25, 0.3) is 0 Å². The van der Waals surface area contributed by atoms with Crippen LogP contribution in [0.5, 0.6) is 0 Å². The maximum absolute atomic E-state index is 12.8. The van der Waals surface area contributed by atoms with E-state index in [4.69, 9.17) is 0 Å². The first-order chi connectivity index (χ1) is 13.8. The van der Waals surface area contributed by atoms with Crippen molar-refractivity contribution >= 4 is 23.4 Å². The Kier molecular flexibility index (Phi) is 6.63. The number of aromatic nitrogens is 2. The van der Waals surface area contributed by atoms with Gasteiger partial charge in [-0.05, 0) is 31.2 Å². The number of halogens is 3. The summed E-state index contributed by atoms with van der Waals surface area (Å²) in [4.78, 5) is 33.8. The predicted molar refractivity (Wildman–Crippen MR) is 105 cm³/mol. The van der Waals surface area contributed by atoms with E-state index in [1.54, 1.807) is 0 Å². The Labute approximate surface area is 169 Å². The molecule has 2 aromatic rings. The number of anilines is 1. The summed E-state index contributed by atoms with van der Waals surface area (Å²) in [5, 5.41) is 2.77. The zero-order valence-corrected chi connectivity index (χ0v) is 16.6. The number of alkyl halides is 3. The van der Waals surface area contributed by atoms with Crippen molar-refractivity contribution in [3.05, 3.63) is 51.4 Å². The molecule has 3 rings (SSSR count). The van der Waals surface area contributed by atoms with Gasteiger partial charge in [0.05, 0.1) is 22.6 Å². The smallest absolute Gasteiger partial charge is 0.325 e. The van der Waals surface area contributed by atoms with E-state index < -0.39 is 17.6 Å². The first-order valence-corrected chi connectivity index (χ1v) is 10.2. The van der Waals surface area contributed by atoms with Crippen LogP contribution in [0.15, 0.2) is 34.2 Å². The van der Waals surface area contributed by atoms with Crippen LogP contribution >= 0.6 is 11.8 Å². The van der Waals surface area contributed by atoms with E-state index in [1.807, 2.05) is 0 Å². The Morgan fingerprint density at radius 3 is 2.90 bits per heavy atom. The lowest BCUT2D eigenvalue weighted by molar-refractivity contribution is -0.137. The van der Waals surface area contributed by atoms with Gasteiger partial charge >= 0.3 is 6.18 Å². The first-order valence-electron chi connectivity index (χ1n) is 9.20. The maximum atomic E-state index is 12.8. The van der Waals surface area contributed by atoms with Gasteiger partial charge in [-0.3, -0.25) is 14.5 Å². The van der Waals surface area contributed by atoms with Gasteiger partial charge in [0.15, 0.2) is 5.16 Å². The molecule has 1 aliphatic rings. The van der Waals surface area contributed by atoms with Crippen molar-refractivity contribution < 1.29 is 18.0 Å². The van der Waals surface area contributed by atoms with Crippen LogP contribution in [0.1, 0.15) is 30.2 Å². The van der Waals surface area contributed by atoms with Gasteiger partial charge in [0.1, 0.15) is 0 Å². The summed E-state index contributed by atoms with van der Waals surface area (Å²) in [5.41, 5.74) is 0.412. The average Bonchev–Trinajstić information content (AvgIpc) is 2.67. The highest BCUT2D eigenvalue weighted by Crippen LogP contribution is 2.30. The molecule has 6 nitrogen and oxygen atoms in total. The number of nitrogens with one attached hydrogen (secondary N) is 2. The van der Waals surface area contributed by atoms with Gasteiger partial charge in [-0.2, -0.15) is 13.2 Å². The van der Waals surface area contributed by atoms with E-state index in [0.29, 0.717) is 23.7 Å². The number of thioether (sulfide) groups is 1. The molecular weight excluding hydrogens is 405 g/mol. The van der Waals surface area contributed by atoms with Gasteiger partial charge < -0.3 is 10.3 Å². The lowest BCUT2D eigenvalue weighted by Gasteiger charge is -2.27. The van der Waals surface area contributed by atoms with Crippen LogP contribution in [0.3, 0.4) is 0 Å². The third kappa shape index (κ3) is 5.60. The number of carbonyl (C=O) groups is 1. The van der Waals surface area contributed by atoms with Crippen molar-refractivity contribution in [1.82, 2.24) is 14.9 Å². The van der Waals surface area contributed by atoms with E-state index in [9.17, 15) is 22.8 Å². The summed E-state index contributed by atoms with van der Waals surface area (Å²) < 4.78 is 38.3. The largest absolute Gasteiger partial charge is 0.416 e. The molecule has 1 aliphatic heterocycles. The van der Waals surface area contributed by atoms with Gasteiger partial charge in [0.25, 0.3) is 5.56 Å². The Balaban J connectivity index is 1.61. The van der Waals surface area contributed by atoms with Crippen LogP contribution in [0, 0.1) is 0 Å². The van der Waals surface area contributed by atoms with Crippen molar-refractivity contribution in [2.24, 2.45) is 0 Å². The number of carbonyl (C=O) groups excluding carboxylic acids is 1. The van der Waals surface area contributed by atoms with Crippen LogP contribution in [0.4, 0.5) is 18.9 Å². The molecule has 29 heavy (non-hydrogen) atoms. The van der Waals surface area contributed by atoms with Crippen molar-refractivity contribution in [3.8, 4) is 0 Å². The molecule has 2 heterocycles. The number of rotatable bonds is 6. The summed E-state index contributed by atoms with van der Waals surface area (Å²) in [6.07, 6.45) is -2.80. The second-order valence-corrected chi connectivity index (χ2v) is 7.70. The lowest BCUT2D eigenvalue weighted by Crippen LogP contribution is -2.36. The van der Waals surface area contributed by atoms with E-state index >= 15 is 0 Å². The molecule has 0 aliphatic carbocycles. The second-order valence-electron chi connectivity index (χ2n) is 6.74. The highest BCUT2D eigenvalue weighted by molar-refractivity contribution is 7.99. The Bertz CT molecular complexity index is 946. The molecular formula is C19H21F3N4O2S. The van der Waals surface area contributed by atoms with Gasteiger partial charge in [-0.25, -0.2) is 4.98 Å². The standard InChI is InChI=1S/C19H21F3N4O2S/c1-2-7-26-8-6-15-14(10-26)17(28)25-18(24-15)29-11-16(27)23-13-5-3-4-12(9-13)19(20,21)22/h3-5,9H,2,6-8,10-11H2,1H3,(H,23,27)(H,24,25,28). The molecule has 0 radical (unpaired) electrons. The van der Waals surface area contributed by atoms with Crippen LogP contribution < -0.4 is 10.9 Å². The fourth-order valence-electron chi connectivity index (χ4n) is 3.14. The van der Waals surface area contributed by atoms with Crippen LogP contribution in [-0.4, -0.2) is 39.6 Å². The van der Waals surface area contributed by atoms with Crippen molar-refractivity contribution in [3.63, 3.8) is 0 Å². The second kappa shape index (κ2) is 9.00. The number of H-pyrrole nitrogens is 1. The topological polar surface area (TPSA) is 78.1 Å². The van der Waals surface area contributed by atoms with Crippen molar-refractivity contribution in [2.75, 3.05) is 24.2 Å². The minimum Gasteiger partial charge on any atom is -0.325 e. The molecule has 0 saturated carbocycles.